The fraction of sp³-hybridized carbons (Fsp3) is 0.533. The van der Waals surface area contributed by atoms with E-state index >= 15 is 0 Å². The molecule has 106 valence electrons. The van der Waals surface area contributed by atoms with Gasteiger partial charge in [0.1, 0.15) is 0 Å². The molecule has 0 saturated carbocycles. The average Bonchev–Trinajstić information content (AvgIpc) is 2.30. The minimum Gasteiger partial charge on any atom is -0.293 e. The summed E-state index contributed by atoms with van der Waals surface area (Å²) in [6.45, 7) is 9.74. The molecule has 2 nitrogen and oxygen atoms in total. The number of carbonyl (C=O) groups is 1. The molecule has 1 aromatic carbocycles. The molecule has 0 fully saturated rings. The molecule has 0 aliphatic carbocycles. The van der Waals surface area contributed by atoms with Gasteiger partial charge in [-0.1, -0.05) is 37.0 Å². The van der Waals surface area contributed by atoms with Crippen LogP contribution in [0.15, 0.2) is 18.2 Å². The summed E-state index contributed by atoms with van der Waals surface area (Å²) in [5.41, 5.74) is 0.503. The number of nitrogens with zero attached hydrogens (tertiary/aromatic N) is 1. The summed E-state index contributed by atoms with van der Waals surface area (Å²) < 4.78 is 0. The SMILES string of the molecule is CC(C)CN(CC(=O)c1cc(Cl)ccc1Cl)C(C)C. The molecule has 1 aromatic rings. The van der Waals surface area contributed by atoms with Gasteiger partial charge < -0.3 is 0 Å². The Morgan fingerprint density at radius 2 is 1.84 bits per heavy atom. The van der Waals surface area contributed by atoms with E-state index in [9.17, 15) is 4.79 Å². The van der Waals surface area contributed by atoms with E-state index in [0.717, 1.165) is 6.54 Å². The highest BCUT2D eigenvalue weighted by Crippen LogP contribution is 2.21. The number of hydrogen-bond acceptors (Lipinski definition) is 2. The first-order valence-corrected chi connectivity index (χ1v) is 7.29. The maximum atomic E-state index is 12.3. The van der Waals surface area contributed by atoms with Gasteiger partial charge in [-0.3, -0.25) is 9.69 Å². The predicted octanol–water partition coefficient (Wildman–Crippen LogP) is 4.54. The van der Waals surface area contributed by atoms with Crippen molar-refractivity contribution in [2.45, 2.75) is 33.7 Å². The summed E-state index contributed by atoms with van der Waals surface area (Å²) in [6, 6.07) is 5.32. The molecule has 0 radical (unpaired) electrons. The van der Waals surface area contributed by atoms with E-state index in [4.69, 9.17) is 23.2 Å². The molecule has 0 spiro atoms. The van der Waals surface area contributed by atoms with E-state index in [2.05, 4.69) is 32.6 Å². The van der Waals surface area contributed by atoms with E-state index in [0.29, 0.717) is 34.1 Å². The number of ketones is 1. The lowest BCUT2D eigenvalue weighted by Crippen LogP contribution is -2.38. The molecular formula is C15H21Cl2NO. The highest BCUT2D eigenvalue weighted by atomic mass is 35.5. The molecule has 0 aliphatic rings. The number of rotatable bonds is 6. The Kier molecular flexibility index (Phi) is 6.31. The van der Waals surface area contributed by atoms with Crippen LogP contribution in [-0.4, -0.2) is 29.8 Å². The van der Waals surface area contributed by atoms with Crippen molar-refractivity contribution >= 4 is 29.0 Å². The molecule has 0 saturated heterocycles. The summed E-state index contributed by atoms with van der Waals surface area (Å²) in [6.07, 6.45) is 0. The van der Waals surface area contributed by atoms with Crippen LogP contribution < -0.4 is 0 Å². The van der Waals surface area contributed by atoms with Gasteiger partial charge in [-0.05, 0) is 38.0 Å². The van der Waals surface area contributed by atoms with E-state index in [1.54, 1.807) is 18.2 Å². The maximum absolute atomic E-state index is 12.3. The van der Waals surface area contributed by atoms with Crippen LogP contribution in [0.5, 0.6) is 0 Å². The molecule has 0 amide bonds. The van der Waals surface area contributed by atoms with Crippen molar-refractivity contribution in [3.63, 3.8) is 0 Å². The highest BCUT2D eigenvalue weighted by molar-refractivity contribution is 6.36. The molecule has 19 heavy (non-hydrogen) atoms. The van der Waals surface area contributed by atoms with Crippen LogP contribution in [-0.2, 0) is 0 Å². The number of Topliss-reactive ketones (excluding diaryl/α,β-unsaturated/α-hetero) is 1. The third kappa shape index (κ3) is 5.13. The average molecular weight is 302 g/mol. The summed E-state index contributed by atoms with van der Waals surface area (Å²) in [4.78, 5) is 14.5. The number of benzene rings is 1. The monoisotopic (exact) mass is 301 g/mol. The van der Waals surface area contributed by atoms with E-state index in [-0.39, 0.29) is 5.78 Å². The zero-order chi connectivity index (χ0) is 14.6. The molecular weight excluding hydrogens is 281 g/mol. The highest BCUT2D eigenvalue weighted by Gasteiger charge is 2.18. The van der Waals surface area contributed by atoms with Gasteiger partial charge in [-0.2, -0.15) is 0 Å². The molecule has 0 N–H and O–H groups in total. The Hall–Kier alpha value is -0.570. The smallest absolute Gasteiger partial charge is 0.178 e. The van der Waals surface area contributed by atoms with Crippen LogP contribution in [0.25, 0.3) is 0 Å². The first kappa shape index (κ1) is 16.5. The summed E-state index contributed by atoms with van der Waals surface area (Å²) in [5.74, 6) is 0.534. The molecule has 0 heterocycles. The van der Waals surface area contributed by atoms with Gasteiger partial charge in [0, 0.05) is 23.2 Å². The zero-order valence-corrected chi connectivity index (χ0v) is 13.4. The lowest BCUT2D eigenvalue weighted by Gasteiger charge is -2.27. The van der Waals surface area contributed by atoms with Gasteiger partial charge in [0.15, 0.2) is 5.78 Å². The van der Waals surface area contributed by atoms with Crippen molar-refractivity contribution in [2.24, 2.45) is 5.92 Å². The first-order valence-electron chi connectivity index (χ1n) is 6.53. The predicted molar refractivity (Wildman–Crippen MR) is 82.3 cm³/mol. The first-order chi connectivity index (χ1) is 8.81. The van der Waals surface area contributed by atoms with Crippen LogP contribution in [0.1, 0.15) is 38.1 Å². The van der Waals surface area contributed by atoms with E-state index in [1.807, 2.05) is 0 Å². The van der Waals surface area contributed by atoms with Gasteiger partial charge in [0.2, 0.25) is 0 Å². The van der Waals surface area contributed by atoms with Crippen molar-refractivity contribution in [1.29, 1.82) is 0 Å². The molecule has 0 aromatic heterocycles. The zero-order valence-electron chi connectivity index (χ0n) is 11.9. The number of hydrogen-bond donors (Lipinski definition) is 0. The Balaban J connectivity index is 2.84. The quantitative estimate of drug-likeness (QED) is 0.719. The lowest BCUT2D eigenvalue weighted by molar-refractivity contribution is 0.0893. The van der Waals surface area contributed by atoms with Gasteiger partial charge in [-0.15, -0.1) is 0 Å². The molecule has 1 rings (SSSR count). The van der Waals surface area contributed by atoms with Gasteiger partial charge in [-0.25, -0.2) is 0 Å². The van der Waals surface area contributed by atoms with Crippen LogP contribution in [0, 0.1) is 5.92 Å². The summed E-state index contributed by atoms with van der Waals surface area (Å²) in [7, 11) is 0. The second-order valence-electron chi connectivity index (χ2n) is 5.46. The van der Waals surface area contributed by atoms with E-state index in [1.165, 1.54) is 0 Å². The fourth-order valence-corrected chi connectivity index (χ4v) is 2.30. The summed E-state index contributed by atoms with van der Waals surface area (Å²) >= 11 is 12.0. The van der Waals surface area contributed by atoms with Gasteiger partial charge in [0.25, 0.3) is 0 Å². The topological polar surface area (TPSA) is 20.3 Å². The van der Waals surface area contributed by atoms with Crippen LogP contribution in [0.2, 0.25) is 10.0 Å². The molecule has 0 aliphatic heterocycles. The van der Waals surface area contributed by atoms with Crippen LogP contribution in [0.4, 0.5) is 0 Å². The van der Waals surface area contributed by atoms with Crippen molar-refractivity contribution < 1.29 is 4.79 Å². The Bertz CT molecular complexity index is 444. The Morgan fingerprint density at radius 1 is 1.21 bits per heavy atom. The molecule has 0 unspecified atom stereocenters. The Morgan fingerprint density at radius 3 is 2.37 bits per heavy atom. The normalized spacial score (nSPS) is 11.6. The number of halogens is 2. The van der Waals surface area contributed by atoms with Gasteiger partial charge in [0.05, 0.1) is 11.6 Å². The molecule has 0 bridgehead atoms. The number of carbonyl (C=O) groups excluding carboxylic acids is 1. The van der Waals surface area contributed by atoms with E-state index < -0.39 is 0 Å². The second kappa shape index (κ2) is 7.28. The second-order valence-corrected chi connectivity index (χ2v) is 6.31. The third-order valence-corrected chi connectivity index (χ3v) is 3.47. The minimum atomic E-state index is 0.0156. The molecule has 0 atom stereocenters. The molecule has 4 heteroatoms. The maximum Gasteiger partial charge on any atom is 0.178 e. The lowest BCUT2D eigenvalue weighted by atomic mass is 10.1. The van der Waals surface area contributed by atoms with Crippen LogP contribution >= 0.6 is 23.2 Å². The van der Waals surface area contributed by atoms with Crippen molar-refractivity contribution in [3.05, 3.63) is 33.8 Å². The van der Waals surface area contributed by atoms with Crippen molar-refractivity contribution in [3.8, 4) is 0 Å². The standard InChI is InChI=1S/C15H21Cl2NO/c1-10(2)8-18(11(3)4)9-15(19)13-7-12(16)5-6-14(13)17/h5-7,10-11H,8-9H2,1-4H3. The minimum absolute atomic E-state index is 0.0156. The third-order valence-electron chi connectivity index (χ3n) is 2.91. The van der Waals surface area contributed by atoms with Crippen LogP contribution in [0.3, 0.4) is 0 Å². The summed E-state index contributed by atoms with van der Waals surface area (Å²) in [5, 5.41) is 0.996. The van der Waals surface area contributed by atoms with Gasteiger partial charge >= 0.3 is 0 Å². The largest absolute Gasteiger partial charge is 0.293 e. The fourth-order valence-electron chi connectivity index (χ4n) is 1.91. The van der Waals surface area contributed by atoms with Crippen molar-refractivity contribution in [1.82, 2.24) is 4.90 Å². The van der Waals surface area contributed by atoms with Crippen molar-refractivity contribution in [2.75, 3.05) is 13.1 Å². The Labute approximate surface area is 125 Å².